The van der Waals surface area contributed by atoms with E-state index in [9.17, 15) is 14.4 Å². The molecule has 0 radical (unpaired) electrons. The monoisotopic (exact) mass is 359 g/mol. The van der Waals surface area contributed by atoms with E-state index in [1.54, 1.807) is 42.6 Å². The molecular weight excluding hydrogens is 342 g/mol. The molecule has 0 saturated carbocycles. The average molecular weight is 359 g/mol. The summed E-state index contributed by atoms with van der Waals surface area (Å²) in [6.07, 6.45) is 0. The predicted octanol–water partition coefficient (Wildman–Crippen LogP) is 2.16. The summed E-state index contributed by atoms with van der Waals surface area (Å²) in [6.45, 7) is 1.27. The maximum Gasteiger partial charge on any atom is 0.325 e. The summed E-state index contributed by atoms with van der Waals surface area (Å²) in [5.74, 6) is -0.319. The third kappa shape index (κ3) is 3.20. The molecule has 7 nitrogen and oxygen atoms in total. The van der Waals surface area contributed by atoms with E-state index in [0.717, 1.165) is 4.90 Å². The number of nitrogens with one attached hydrogen (secondary N) is 2. The average Bonchev–Trinajstić information content (AvgIpc) is 3.20. The van der Waals surface area contributed by atoms with Gasteiger partial charge in [0.2, 0.25) is 5.91 Å². The van der Waals surface area contributed by atoms with Crippen LogP contribution in [0.1, 0.15) is 12.5 Å². The lowest BCUT2D eigenvalue weighted by Gasteiger charge is -2.20. The molecule has 1 aromatic heterocycles. The fourth-order valence-corrected chi connectivity index (χ4v) is 3.39. The fraction of sp³-hybridized carbons (Fsp3) is 0.235. The van der Waals surface area contributed by atoms with Crippen LogP contribution < -0.4 is 15.4 Å². The number of imide groups is 1. The minimum Gasteiger partial charge on any atom is -0.497 e. The maximum atomic E-state index is 12.7. The summed E-state index contributed by atoms with van der Waals surface area (Å²) in [5.41, 5.74) is 0.0800. The lowest BCUT2D eigenvalue weighted by atomic mass is 9.95. The SMILES string of the molecule is COc1cccc(NC(=O)CN2C(=O)N[C@@](C)(c3ccsc3)C2=O)c1. The summed E-state index contributed by atoms with van der Waals surface area (Å²) in [5, 5.41) is 8.96. The number of methoxy groups -OCH3 is 1. The van der Waals surface area contributed by atoms with Crippen LogP contribution in [0.2, 0.25) is 0 Å². The third-order valence-electron chi connectivity index (χ3n) is 4.03. The van der Waals surface area contributed by atoms with Crippen LogP contribution in [-0.4, -0.2) is 36.4 Å². The second-order valence-electron chi connectivity index (χ2n) is 5.74. The molecule has 1 aromatic carbocycles. The highest BCUT2D eigenvalue weighted by molar-refractivity contribution is 7.08. The summed E-state index contributed by atoms with van der Waals surface area (Å²) in [7, 11) is 1.53. The molecule has 1 saturated heterocycles. The van der Waals surface area contributed by atoms with Gasteiger partial charge in [-0.25, -0.2) is 4.79 Å². The van der Waals surface area contributed by atoms with Crippen molar-refractivity contribution in [3.05, 3.63) is 46.7 Å². The van der Waals surface area contributed by atoms with Crippen LogP contribution in [0.3, 0.4) is 0 Å². The van der Waals surface area contributed by atoms with Gasteiger partial charge in [-0.1, -0.05) is 6.07 Å². The molecule has 2 N–H and O–H groups in total. The van der Waals surface area contributed by atoms with E-state index in [-0.39, 0.29) is 6.54 Å². The Labute approximate surface area is 148 Å². The maximum absolute atomic E-state index is 12.7. The first-order chi connectivity index (χ1) is 11.9. The van der Waals surface area contributed by atoms with Crippen molar-refractivity contribution in [2.24, 2.45) is 0 Å². The van der Waals surface area contributed by atoms with Crippen molar-refractivity contribution in [3.63, 3.8) is 0 Å². The molecule has 1 aliphatic rings. The van der Waals surface area contributed by atoms with Gasteiger partial charge in [0, 0.05) is 11.8 Å². The van der Waals surface area contributed by atoms with Crippen LogP contribution in [0.4, 0.5) is 10.5 Å². The molecule has 0 spiro atoms. The van der Waals surface area contributed by atoms with E-state index in [0.29, 0.717) is 17.0 Å². The molecule has 4 amide bonds. The standard InChI is InChI=1S/C17H17N3O4S/c1-17(11-6-7-25-10-11)15(22)20(16(23)19-17)9-14(21)18-12-4-3-5-13(8-12)24-2/h3-8,10H,9H2,1-2H3,(H,18,21)(H,19,23)/t17-/m0/s1. The molecule has 3 rings (SSSR count). The minimum atomic E-state index is -1.15. The Bertz CT molecular complexity index is 821. The molecule has 0 unspecified atom stereocenters. The van der Waals surface area contributed by atoms with Crippen molar-refractivity contribution in [2.45, 2.75) is 12.5 Å². The molecule has 0 bridgehead atoms. The van der Waals surface area contributed by atoms with Crippen molar-refractivity contribution < 1.29 is 19.1 Å². The van der Waals surface area contributed by atoms with Gasteiger partial charge in [0.1, 0.15) is 17.8 Å². The van der Waals surface area contributed by atoms with Gasteiger partial charge in [-0.2, -0.15) is 11.3 Å². The van der Waals surface area contributed by atoms with Crippen LogP contribution >= 0.6 is 11.3 Å². The van der Waals surface area contributed by atoms with Crippen molar-refractivity contribution in [1.82, 2.24) is 10.2 Å². The van der Waals surface area contributed by atoms with Gasteiger partial charge in [-0.3, -0.25) is 14.5 Å². The molecule has 1 fully saturated rings. The number of thiophene rings is 1. The predicted molar refractivity (Wildman–Crippen MR) is 93.5 cm³/mol. The number of carbonyl (C=O) groups is 3. The highest BCUT2D eigenvalue weighted by Crippen LogP contribution is 2.30. The Balaban J connectivity index is 1.71. The van der Waals surface area contributed by atoms with Gasteiger partial charge in [0.15, 0.2) is 0 Å². The number of amides is 4. The Hall–Kier alpha value is -2.87. The number of ether oxygens (including phenoxy) is 1. The zero-order valence-corrected chi connectivity index (χ0v) is 14.6. The summed E-state index contributed by atoms with van der Waals surface area (Å²) in [4.78, 5) is 38.0. The number of anilines is 1. The zero-order valence-electron chi connectivity index (χ0n) is 13.7. The van der Waals surface area contributed by atoms with Crippen molar-refractivity contribution in [3.8, 4) is 5.75 Å². The van der Waals surface area contributed by atoms with Gasteiger partial charge in [0.05, 0.1) is 7.11 Å². The molecule has 8 heteroatoms. The van der Waals surface area contributed by atoms with E-state index in [1.807, 2.05) is 5.38 Å². The van der Waals surface area contributed by atoms with Gasteiger partial charge < -0.3 is 15.4 Å². The zero-order chi connectivity index (χ0) is 18.0. The van der Waals surface area contributed by atoms with Crippen LogP contribution in [0, 0.1) is 0 Å². The van der Waals surface area contributed by atoms with Crippen LogP contribution in [0.15, 0.2) is 41.1 Å². The number of carbonyl (C=O) groups excluding carboxylic acids is 3. The van der Waals surface area contributed by atoms with Crippen LogP contribution in [0.5, 0.6) is 5.75 Å². The van der Waals surface area contributed by atoms with E-state index in [4.69, 9.17) is 4.74 Å². The number of benzene rings is 1. The Kier molecular flexibility index (Phi) is 4.45. The summed E-state index contributed by atoms with van der Waals surface area (Å²) in [6, 6.07) is 8.03. The largest absolute Gasteiger partial charge is 0.497 e. The van der Waals surface area contributed by atoms with Gasteiger partial charge in [-0.05, 0) is 41.4 Å². The van der Waals surface area contributed by atoms with Crippen LogP contribution in [0.25, 0.3) is 0 Å². The lowest BCUT2D eigenvalue weighted by Crippen LogP contribution is -2.41. The molecule has 25 heavy (non-hydrogen) atoms. The summed E-state index contributed by atoms with van der Waals surface area (Å²) < 4.78 is 5.09. The van der Waals surface area contributed by atoms with Gasteiger partial charge >= 0.3 is 6.03 Å². The molecular formula is C17H17N3O4S. The van der Waals surface area contributed by atoms with E-state index < -0.39 is 23.4 Å². The minimum absolute atomic E-state index is 0.360. The summed E-state index contributed by atoms with van der Waals surface area (Å²) >= 11 is 1.44. The van der Waals surface area contributed by atoms with E-state index >= 15 is 0 Å². The molecule has 1 aliphatic heterocycles. The highest BCUT2D eigenvalue weighted by Gasteiger charge is 2.49. The normalized spacial score (nSPS) is 19.7. The molecule has 0 aliphatic carbocycles. The quantitative estimate of drug-likeness (QED) is 0.801. The molecule has 2 aromatic rings. The highest BCUT2D eigenvalue weighted by atomic mass is 32.1. The Morgan fingerprint density at radius 2 is 2.16 bits per heavy atom. The Morgan fingerprint density at radius 1 is 1.36 bits per heavy atom. The third-order valence-corrected chi connectivity index (χ3v) is 4.71. The first-order valence-corrected chi connectivity index (χ1v) is 8.49. The van der Waals surface area contributed by atoms with E-state index in [2.05, 4.69) is 10.6 Å². The molecule has 2 heterocycles. The van der Waals surface area contributed by atoms with Gasteiger partial charge in [-0.15, -0.1) is 0 Å². The number of urea groups is 1. The molecule has 130 valence electrons. The number of hydrogen-bond acceptors (Lipinski definition) is 5. The van der Waals surface area contributed by atoms with Crippen molar-refractivity contribution in [1.29, 1.82) is 0 Å². The Morgan fingerprint density at radius 3 is 2.84 bits per heavy atom. The van der Waals surface area contributed by atoms with Gasteiger partial charge in [0.25, 0.3) is 5.91 Å². The van der Waals surface area contributed by atoms with Crippen molar-refractivity contribution >= 4 is 34.9 Å². The van der Waals surface area contributed by atoms with E-state index in [1.165, 1.54) is 18.4 Å². The van der Waals surface area contributed by atoms with Crippen LogP contribution in [-0.2, 0) is 15.1 Å². The second-order valence-corrected chi connectivity index (χ2v) is 6.52. The van der Waals surface area contributed by atoms with Crippen molar-refractivity contribution in [2.75, 3.05) is 19.0 Å². The number of hydrogen-bond donors (Lipinski definition) is 2. The topological polar surface area (TPSA) is 87.7 Å². The number of rotatable bonds is 5. The smallest absolute Gasteiger partial charge is 0.325 e. The second kappa shape index (κ2) is 6.56. The lowest BCUT2D eigenvalue weighted by molar-refractivity contribution is -0.133. The first kappa shape index (κ1) is 17.0. The number of nitrogens with zero attached hydrogens (tertiary/aromatic N) is 1. The first-order valence-electron chi connectivity index (χ1n) is 7.55. The fourth-order valence-electron chi connectivity index (χ4n) is 2.63. The molecule has 1 atom stereocenters.